The predicted octanol–water partition coefficient (Wildman–Crippen LogP) is 1.91. The normalized spacial score (nSPS) is 15.0. The van der Waals surface area contributed by atoms with Gasteiger partial charge in [0.15, 0.2) is 0 Å². The van der Waals surface area contributed by atoms with Crippen molar-refractivity contribution in [3.63, 3.8) is 0 Å². The summed E-state index contributed by atoms with van der Waals surface area (Å²) in [4.78, 5) is 14.8. The molecule has 0 aliphatic carbocycles. The van der Waals surface area contributed by atoms with Crippen LogP contribution in [0.2, 0.25) is 0 Å². The first-order valence-electron chi connectivity index (χ1n) is 10.0. The number of ether oxygens (including phenoxy) is 1. The fraction of sp³-hybridized carbons (Fsp3) is 0.409. The number of rotatable bonds is 8. The second kappa shape index (κ2) is 10.1. The van der Waals surface area contributed by atoms with Crippen LogP contribution < -0.4 is 9.62 Å². The molecule has 1 N–H and O–H groups in total. The average Bonchev–Trinajstić information content (AvgIpc) is 2.72. The largest absolute Gasteiger partial charge is 0.379 e. The second-order valence-corrected chi connectivity index (χ2v) is 9.50. The zero-order valence-corrected chi connectivity index (χ0v) is 18.3. The van der Waals surface area contributed by atoms with Crippen LogP contribution in [0, 0.1) is 6.92 Å². The van der Waals surface area contributed by atoms with Gasteiger partial charge in [0.25, 0.3) is 0 Å². The molecule has 1 heterocycles. The number of aryl methyl sites for hydroxylation is 1. The zero-order valence-electron chi connectivity index (χ0n) is 17.5. The van der Waals surface area contributed by atoms with Crippen molar-refractivity contribution in [2.24, 2.45) is 0 Å². The quantitative estimate of drug-likeness (QED) is 0.691. The Morgan fingerprint density at radius 1 is 1.10 bits per heavy atom. The molecular formula is C22H29N3O4S. The average molecular weight is 432 g/mol. The first-order valence-corrected chi connectivity index (χ1v) is 11.8. The van der Waals surface area contributed by atoms with Crippen LogP contribution in [0.25, 0.3) is 0 Å². The van der Waals surface area contributed by atoms with Gasteiger partial charge in [0.05, 0.1) is 25.2 Å². The van der Waals surface area contributed by atoms with Crippen molar-refractivity contribution >= 4 is 21.6 Å². The molecule has 162 valence electrons. The van der Waals surface area contributed by atoms with Crippen LogP contribution in [0.3, 0.4) is 0 Å². The minimum Gasteiger partial charge on any atom is -0.379 e. The molecule has 0 saturated carbocycles. The van der Waals surface area contributed by atoms with Gasteiger partial charge in [-0.25, -0.2) is 8.42 Å². The highest BCUT2D eigenvalue weighted by atomic mass is 32.2. The van der Waals surface area contributed by atoms with Crippen LogP contribution >= 0.6 is 0 Å². The molecule has 0 unspecified atom stereocenters. The van der Waals surface area contributed by atoms with Crippen LogP contribution in [0.1, 0.15) is 16.7 Å². The molecule has 2 aromatic carbocycles. The molecule has 0 radical (unpaired) electrons. The lowest BCUT2D eigenvalue weighted by molar-refractivity contribution is -0.119. The van der Waals surface area contributed by atoms with Crippen LogP contribution in [0.5, 0.6) is 0 Å². The molecule has 1 saturated heterocycles. The van der Waals surface area contributed by atoms with E-state index in [2.05, 4.69) is 22.3 Å². The number of nitrogens with zero attached hydrogens (tertiary/aromatic N) is 2. The van der Waals surface area contributed by atoms with Crippen molar-refractivity contribution in [3.05, 3.63) is 65.2 Å². The first-order chi connectivity index (χ1) is 14.3. The summed E-state index contributed by atoms with van der Waals surface area (Å²) in [5.74, 6) is -0.348. The van der Waals surface area contributed by atoms with E-state index in [1.807, 2.05) is 31.2 Å². The summed E-state index contributed by atoms with van der Waals surface area (Å²) < 4.78 is 30.9. The van der Waals surface area contributed by atoms with E-state index < -0.39 is 10.0 Å². The van der Waals surface area contributed by atoms with Gasteiger partial charge in [-0.05, 0) is 30.2 Å². The molecule has 1 aliphatic heterocycles. The third kappa shape index (κ3) is 6.55. The highest BCUT2D eigenvalue weighted by Gasteiger charge is 2.20. The Bertz CT molecular complexity index is 955. The molecule has 8 heteroatoms. The van der Waals surface area contributed by atoms with Gasteiger partial charge < -0.3 is 10.1 Å². The number of nitrogens with one attached hydrogen (secondary N) is 1. The van der Waals surface area contributed by atoms with Gasteiger partial charge in [-0.1, -0.05) is 42.0 Å². The lowest BCUT2D eigenvalue weighted by Gasteiger charge is -2.26. The van der Waals surface area contributed by atoms with Gasteiger partial charge in [0.1, 0.15) is 6.54 Å². The number of amides is 1. The lowest BCUT2D eigenvalue weighted by Crippen LogP contribution is -2.40. The topological polar surface area (TPSA) is 79.0 Å². The molecule has 1 amide bonds. The molecule has 7 nitrogen and oxygen atoms in total. The van der Waals surface area contributed by atoms with E-state index in [1.54, 1.807) is 12.1 Å². The number of carbonyl (C=O) groups is 1. The summed E-state index contributed by atoms with van der Waals surface area (Å²) in [6.07, 6.45) is 1.11. The maximum Gasteiger partial charge on any atom is 0.241 e. The maximum atomic E-state index is 12.5. The van der Waals surface area contributed by atoms with Crippen LogP contribution in [-0.2, 0) is 32.6 Å². The predicted molar refractivity (Wildman–Crippen MR) is 118 cm³/mol. The summed E-state index contributed by atoms with van der Waals surface area (Å²) >= 11 is 0. The van der Waals surface area contributed by atoms with Crippen LogP contribution in [0.4, 0.5) is 5.69 Å². The zero-order chi connectivity index (χ0) is 21.6. The summed E-state index contributed by atoms with van der Waals surface area (Å²) in [5, 5.41) is 2.83. The van der Waals surface area contributed by atoms with Crippen LogP contribution in [0.15, 0.2) is 48.5 Å². The van der Waals surface area contributed by atoms with Crippen molar-refractivity contribution in [2.75, 3.05) is 43.4 Å². The molecule has 1 aliphatic rings. The van der Waals surface area contributed by atoms with E-state index in [0.29, 0.717) is 12.2 Å². The molecule has 3 rings (SSSR count). The highest BCUT2D eigenvalue weighted by Crippen LogP contribution is 2.18. The van der Waals surface area contributed by atoms with E-state index in [0.717, 1.165) is 54.5 Å². The molecule has 0 spiro atoms. The number of morpholine rings is 1. The Hall–Kier alpha value is -2.42. The molecule has 2 aromatic rings. The van der Waals surface area contributed by atoms with Crippen molar-refractivity contribution in [1.82, 2.24) is 10.2 Å². The number of carbonyl (C=O) groups excluding carboxylic acids is 1. The van der Waals surface area contributed by atoms with Gasteiger partial charge >= 0.3 is 0 Å². The van der Waals surface area contributed by atoms with Gasteiger partial charge in [-0.15, -0.1) is 0 Å². The molecule has 0 bridgehead atoms. The maximum absolute atomic E-state index is 12.5. The van der Waals surface area contributed by atoms with E-state index in [4.69, 9.17) is 4.74 Å². The smallest absolute Gasteiger partial charge is 0.241 e. The summed E-state index contributed by atoms with van der Waals surface area (Å²) in [6, 6.07) is 15.1. The molecule has 1 fully saturated rings. The lowest BCUT2D eigenvalue weighted by atomic mass is 10.1. The van der Waals surface area contributed by atoms with E-state index in [1.165, 1.54) is 5.56 Å². The number of sulfonamides is 1. The molecule has 30 heavy (non-hydrogen) atoms. The Kier molecular flexibility index (Phi) is 7.47. The number of benzene rings is 2. The SMILES string of the molecule is Cc1ccc(N(CC(=O)NCc2cccc(CN3CCOCC3)c2)S(C)(=O)=O)cc1. The summed E-state index contributed by atoms with van der Waals surface area (Å²) in [5.41, 5.74) is 3.66. The van der Waals surface area contributed by atoms with Crippen LogP contribution in [-0.4, -0.2) is 58.3 Å². The third-order valence-electron chi connectivity index (χ3n) is 5.00. The van der Waals surface area contributed by atoms with Crippen molar-refractivity contribution in [1.29, 1.82) is 0 Å². The number of anilines is 1. The Labute approximate surface area is 178 Å². The molecular weight excluding hydrogens is 402 g/mol. The second-order valence-electron chi connectivity index (χ2n) is 7.59. The minimum absolute atomic E-state index is 0.255. The van der Waals surface area contributed by atoms with E-state index in [-0.39, 0.29) is 12.5 Å². The van der Waals surface area contributed by atoms with Gasteiger partial charge in [0.2, 0.25) is 15.9 Å². The highest BCUT2D eigenvalue weighted by molar-refractivity contribution is 7.92. The summed E-state index contributed by atoms with van der Waals surface area (Å²) in [7, 11) is -3.58. The standard InChI is InChI=1S/C22H29N3O4S/c1-18-6-8-21(9-7-18)25(30(2,27)28)17-22(26)23-15-19-4-3-5-20(14-19)16-24-10-12-29-13-11-24/h3-9,14H,10-13,15-17H2,1-2H3,(H,23,26). The Balaban J connectivity index is 1.58. The third-order valence-corrected chi connectivity index (χ3v) is 6.14. The fourth-order valence-corrected chi connectivity index (χ4v) is 4.21. The molecule has 0 aromatic heterocycles. The van der Waals surface area contributed by atoms with Crippen molar-refractivity contribution in [2.45, 2.75) is 20.0 Å². The first kappa shape index (κ1) is 22.3. The minimum atomic E-state index is -3.58. The molecule has 0 atom stereocenters. The monoisotopic (exact) mass is 431 g/mol. The number of hydrogen-bond acceptors (Lipinski definition) is 5. The van der Waals surface area contributed by atoms with E-state index >= 15 is 0 Å². The van der Waals surface area contributed by atoms with Crippen molar-refractivity contribution in [3.8, 4) is 0 Å². The van der Waals surface area contributed by atoms with Crippen molar-refractivity contribution < 1.29 is 17.9 Å². The fourth-order valence-electron chi connectivity index (χ4n) is 3.35. The van der Waals surface area contributed by atoms with Gasteiger partial charge in [-0.3, -0.25) is 14.0 Å². The Morgan fingerprint density at radius 2 is 1.77 bits per heavy atom. The van der Waals surface area contributed by atoms with E-state index in [9.17, 15) is 13.2 Å². The number of hydrogen-bond donors (Lipinski definition) is 1. The summed E-state index contributed by atoms with van der Waals surface area (Å²) in [6.45, 7) is 6.22. The Morgan fingerprint density at radius 3 is 2.43 bits per heavy atom. The van der Waals surface area contributed by atoms with Gasteiger partial charge in [-0.2, -0.15) is 0 Å². The van der Waals surface area contributed by atoms with Gasteiger partial charge in [0, 0.05) is 26.2 Å².